The third-order valence-corrected chi connectivity index (χ3v) is 1.69. The Morgan fingerprint density at radius 1 is 1.43 bits per heavy atom. The number of carbonyl (C=O) groups excluding carboxylic acids is 1. The fourth-order valence-corrected chi connectivity index (χ4v) is 0.828. The highest BCUT2D eigenvalue weighted by Gasteiger charge is 2.23. The smallest absolute Gasteiger partial charge is 0.189 e. The van der Waals surface area contributed by atoms with Gasteiger partial charge in [0.05, 0.1) is 14.4 Å². The number of aliphatic hydroxyl groups excluding tert-OH is 3. The molecule has 0 fully saturated rings. The van der Waals surface area contributed by atoms with E-state index >= 15 is 0 Å². The molecule has 0 aromatic heterocycles. The van der Waals surface area contributed by atoms with Gasteiger partial charge in [-0.1, -0.05) is 0 Å². The van der Waals surface area contributed by atoms with Crippen LogP contribution in [0.5, 0.6) is 0 Å². The number of hydrogen-bond donors (Lipinski definition) is 3. The number of rotatable bonds is 6. The Bertz CT molecular complexity index is 234. The molecule has 0 aromatic rings. The molecule has 84 valence electrons. The number of hydrogen-bond acceptors (Lipinski definition) is 8. The Morgan fingerprint density at radius 2 is 1.93 bits per heavy atom. The van der Waals surface area contributed by atoms with Crippen molar-refractivity contribution in [2.24, 2.45) is 0 Å². The summed E-state index contributed by atoms with van der Waals surface area (Å²) in [5.41, 5.74) is 0. The predicted octanol–water partition coefficient (Wildman–Crippen LogP) is -3.89. The number of aliphatic hydroxyl groups is 3. The van der Waals surface area contributed by atoms with Crippen molar-refractivity contribution in [2.45, 2.75) is 12.2 Å². The van der Waals surface area contributed by atoms with Crippen LogP contribution >= 0.6 is 7.82 Å². The van der Waals surface area contributed by atoms with Gasteiger partial charge in [0.15, 0.2) is 5.78 Å². The molecule has 0 saturated carbocycles. The summed E-state index contributed by atoms with van der Waals surface area (Å²) in [6, 6.07) is 0. The molecular weight excluding hydrogens is 219 g/mol. The van der Waals surface area contributed by atoms with Gasteiger partial charge in [-0.05, 0) is 0 Å². The zero-order valence-corrected chi connectivity index (χ0v) is 7.79. The van der Waals surface area contributed by atoms with Crippen LogP contribution in [0.15, 0.2) is 0 Å². The molecule has 0 radical (unpaired) electrons. The number of phosphoric acid groups is 1. The lowest BCUT2D eigenvalue weighted by Crippen LogP contribution is -2.38. The molecule has 0 amide bonds. The van der Waals surface area contributed by atoms with E-state index in [2.05, 4.69) is 4.52 Å². The van der Waals surface area contributed by atoms with Crippen molar-refractivity contribution in [3.05, 3.63) is 0 Å². The minimum Gasteiger partial charge on any atom is -0.790 e. The summed E-state index contributed by atoms with van der Waals surface area (Å²) in [6.07, 6.45) is -3.71. The molecule has 0 aromatic carbocycles. The molecule has 14 heavy (non-hydrogen) atoms. The molecule has 0 heterocycles. The highest BCUT2D eigenvalue weighted by molar-refractivity contribution is 7.43. The van der Waals surface area contributed by atoms with Crippen LogP contribution in [0.25, 0.3) is 0 Å². The molecule has 0 aliphatic heterocycles. The summed E-state index contributed by atoms with van der Waals surface area (Å²) in [7, 11) is -5.27. The Labute approximate surface area is 79.0 Å². The molecule has 0 saturated heterocycles. The number of Topliss-reactive ketones (excluding diaryl/α,β-unsaturated/α-hetero) is 1. The Hall–Kier alpha value is -0.340. The second-order valence-electron chi connectivity index (χ2n) is 2.38. The summed E-state index contributed by atoms with van der Waals surface area (Å²) in [6.45, 7) is -2.04. The maximum atomic E-state index is 10.7. The van der Waals surface area contributed by atoms with E-state index in [4.69, 9.17) is 15.3 Å². The Kier molecular flexibility index (Phi) is 5.38. The third-order valence-electron chi connectivity index (χ3n) is 1.25. The number of carbonyl (C=O) groups is 1. The van der Waals surface area contributed by atoms with E-state index in [0.717, 1.165) is 0 Å². The highest BCUT2D eigenvalue weighted by atomic mass is 31.2. The summed E-state index contributed by atoms with van der Waals surface area (Å²) in [4.78, 5) is 30.5. The van der Waals surface area contributed by atoms with E-state index in [1.165, 1.54) is 0 Å². The van der Waals surface area contributed by atoms with Gasteiger partial charge >= 0.3 is 0 Å². The van der Waals surface area contributed by atoms with Crippen LogP contribution in [0, 0.1) is 0 Å². The maximum Gasteiger partial charge on any atom is 0.189 e. The van der Waals surface area contributed by atoms with Gasteiger partial charge < -0.3 is 34.2 Å². The lowest BCUT2D eigenvalue weighted by molar-refractivity contribution is -0.341. The predicted molar refractivity (Wildman–Crippen MR) is 37.7 cm³/mol. The molecule has 2 atom stereocenters. The standard InChI is InChI=1S/C5H11O8P/c6-1-3(7)5(9)4(8)2-13-14(10,11)12/h3,5-7,9H,1-2H2,(H2,10,11,12)/p-2/t3-,5-/m1/s1. The fraction of sp³-hybridized carbons (Fsp3) is 0.800. The molecule has 0 aliphatic carbocycles. The van der Waals surface area contributed by atoms with E-state index in [-0.39, 0.29) is 0 Å². The van der Waals surface area contributed by atoms with Crippen molar-refractivity contribution in [3.8, 4) is 0 Å². The van der Waals surface area contributed by atoms with Gasteiger partial charge in [0.1, 0.15) is 18.8 Å². The molecule has 0 spiro atoms. The summed E-state index contributed by atoms with van der Waals surface area (Å²) in [5.74, 6) is -1.21. The van der Waals surface area contributed by atoms with Crippen LogP contribution in [0.4, 0.5) is 0 Å². The number of phosphoric ester groups is 1. The Morgan fingerprint density at radius 3 is 2.29 bits per heavy atom. The van der Waals surface area contributed by atoms with Crippen LogP contribution in [-0.4, -0.2) is 46.5 Å². The first-order valence-corrected chi connectivity index (χ1v) is 4.90. The van der Waals surface area contributed by atoms with E-state index in [1.54, 1.807) is 0 Å². The fourth-order valence-electron chi connectivity index (χ4n) is 0.542. The third kappa shape index (κ3) is 5.40. The lowest BCUT2D eigenvalue weighted by Gasteiger charge is -2.28. The van der Waals surface area contributed by atoms with Crippen molar-refractivity contribution in [2.75, 3.05) is 13.2 Å². The Balaban J connectivity index is 4.03. The molecule has 0 rings (SSSR count). The van der Waals surface area contributed by atoms with Crippen LogP contribution in [0.2, 0.25) is 0 Å². The molecule has 0 bridgehead atoms. The number of ketones is 1. The second-order valence-corrected chi connectivity index (χ2v) is 3.53. The first kappa shape index (κ1) is 13.7. The molecular formula is C5H9O8P-2. The van der Waals surface area contributed by atoms with Gasteiger partial charge in [0.25, 0.3) is 0 Å². The van der Waals surface area contributed by atoms with Gasteiger partial charge in [-0.15, -0.1) is 0 Å². The van der Waals surface area contributed by atoms with Crippen LogP contribution in [0.1, 0.15) is 0 Å². The van der Waals surface area contributed by atoms with E-state index < -0.39 is 39.0 Å². The minimum absolute atomic E-state index is 0.876. The van der Waals surface area contributed by atoms with Crippen molar-refractivity contribution < 1.29 is 39.0 Å². The van der Waals surface area contributed by atoms with Crippen molar-refractivity contribution in [3.63, 3.8) is 0 Å². The van der Waals surface area contributed by atoms with Crippen molar-refractivity contribution in [1.82, 2.24) is 0 Å². The summed E-state index contributed by atoms with van der Waals surface area (Å²) in [5, 5.41) is 25.9. The van der Waals surface area contributed by atoms with Crippen molar-refractivity contribution in [1.29, 1.82) is 0 Å². The zero-order valence-electron chi connectivity index (χ0n) is 6.90. The second kappa shape index (κ2) is 5.52. The zero-order chi connectivity index (χ0) is 11.4. The molecule has 0 aliphatic rings. The van der Waals surface area contributed by atoms with Gasteiger partial charge in [-0.3, -0.25) is 4.79 Å². The average Bonchev–Trinajstić information content (AvgIpc) is 2.10. The van der Waals surface area contributed by atoms with Crippen molar-refractivity contribution >= 4 is 13.6 Å². The average molecular weight is 228 g/mol. The van der Waals surface area contributed by atoms with Crippen LogP contribution < -0.4 is 9.79 Å². The normalized spacial score (nSPS) is 16.4. The van der Waals surface area contributed by atoms with Gasteiger partial charge in [0, 0.05) is 0 Å². The van der Waals surface area contributed by atoms with Gasteiger partial charge in [-0.2, -0.15) is 0 Å². The lowest BCUT2D eigenvalue weighted by atomic mass is 10.1. The largest absolute Gasteiger partial charge is 0.790 e. The van der Waals surface area contributed by atoms with Gasteiger partial charge in [-0.25, -0.2) is 0 Å². The topological polar surface area (TPSA) is 150 Å². The highest BCUT2D eigenvalue weighted by Crippen LogP contribution is 2.24. The first-order valence-electron chi connectivity index (χ1n) is 3.44. The molecule has 8 nitrogen and oxygen atoms in total. The van der Waals surface area contributed by atoms with E-state index in [9.17, 15) is 19.1 Å². The first-order chi connectivity index (χ1) is 6.28. The van der Waals surface area contributed by atoms with Gasteiger partial charge in [0.2, 0.25) is 0 Å². The monoisotopic (exact) mass is 228 g/mol. The minimum atomic E-state index is -5.27. The van der Waals surface area contributed by atoms with E-state index in [0.29, 0.717) is 0 Å². The quantitative estimate of drug-likeness (QED) is 0.390. The SMILES string of the molecule is O=C(COP(=O)([O-])[O-])[C@H](O)[C@H](O)CO. The van der Waals surface area contributed by atoms with Crippen LogP contribution in [-0.2, 0) is 13.9 Å². The maximum absolute atomic E-state index is 10.7. The van der Waals surface area contributed by atoms with Crippen LogP contribution in [0.3, 0.4) is 0 Å². The molecule has 0 unspecified atom stereocenters. The summed E-state index contributed by atoms with van der Waals surface area (Å²) >= 11 is 0. The van der Waals surface area contributed by atoms with E-state index in [1.807, 2.05) is 0 Å². The molecule has 3 N–H and O–H groups in total. The molecule has 9 heteroatoms. The summed E-state index contributed by atoms with van der Waals surface area (Å²) < 4.78 is 13.5.